The Morgan fingerprint density at radius 2 is 1.88 bits per heavy atom. The quantitative estimate of drug-likeness (QED) is 0.739. The summed E-state index contributed by atoms with van der Waals surface area (Å²) in [5.74, 6) is -0.476. The maximum atomic E-state index is 11.4. The summed E-state index contributed by atoms with van der Waals surface area (Å²) < 4.78 is 0. The zero-order valence-corrected chi connectivity index (χ0v) is 10.5. The Bertz CT molecular complexity index is 379. The van der Waals surface area contributed by atoms with Gasteiger partial charge in [0.2, 0.25) is 0 Å². The molecule has 0 spiro atoms. The van der Waals surface area contributed by atoms with Gasteiger partial charge in [-0.25, -0.2) is 0 Å². The van der Waals surface area contributed by atoms with Crippen molar-refractivity contribution in [2.24, 2.45) is 5.73 Å². The van der Waals surface area contributed by atoms with Crippen molar-refractivity contribution >= 4 is 11.6 Å². The first-order valence-electron chi connectivity index (χ1n) is 5.64. The predicted octanol–water partition coefficient (Wildman–Crippen LogP) is 1.24. The van der Waals surface area contributed by atoms with Crippen LogP contribution in [0.4, 0.5) is 5.69 Å². The molecule has 1 unspecified atom stereocenters. The maximum absolute atomic E-state index is 11.4. The Balaban J connectivity index is 2.73. The van der Waals surface area contributed by atoms with E-state index in [-0.39, 0.29) is 12.0 Å². The average Bonchev–Trinajstić information content (AvgIpc) is 2.27. The summed E-state index contributed by atoms with van der Waals surface area (Å²) in [5.41, 5.74) is 7.13. The third-order valence-electron chi connectivity index (χ3n) is 2.54. The van der Waals surface area contributed by atoms with Crippen LogP contribution >= 0.6 is 0 Å². The fraction of sp³-hybridized carbons (Fsp3) is 0.462. The minimum atomic E-state index is -1.16. The molecule has 1 aromatic carbocycles. The van der Waals surface area contributed by atoms with Crippen molar-refractivity contribution in [3.8, 4) is 0 Å². The molecule has 1 aromatic rings. The lowest BCUT2D eigenvalue weighted by Gasteiger charge is -2.19. The van der Waals surface area contributed by atoms with Crippen molar-refractivity contribution in [2.75, 3.05) is 11.9 Å². The monoisotopic (exact) mass is 236 g/mol. The molecule has 0 bridgehead atoms. The van der Waals surface area contributed by atoms with Crippen molar-refractivity contribution in [2.45, 2.75) is 32.3 Å². The number of hydrogen-bond donors (Lipinski definition) is 3. The number of aliphatic hydroxyl groups excluding tert-OH is 1. The molecule has 1 atom stereocenters. The van der Waals surface area contributed by atoms with E-state index in [0.29, 0.717) is 5.69 Å². The van der Waals surface area contributed by atoms with Gasteiger partial charge in [-0.3, -0.25) is 4.79 Å². The number of aliphatic hydroxyl groups is 1. The first-order chi connectivity index (χ1) is 7.84. The van der Waals surface area contributed by atoms with Crippen molar-refractivity contribution < 1.29 is 9.90 Å². The van der Waals surface area contributed by atoms with Crippen molar-refractivity contribution in [1.82, 2.24) is 0 Å². The third kappa shape index (κ3) is 3.84. The van der Waals surface area contributed by atoms with Gasteiger partial charge in [0.25, 0.3) is 5.91 Å². The number of hydrogen-bond acceptors (Lipinski definition) is 3. The number of carbonyl (C=O) groups is 1. The molecule has 4 N–H and O–H groups in total. The first kappa shape index (κ1) is 13.7. The molecule has 0 heterocycles. The fourth-order valence-electron chi connectivity index (χ4n) is 1.39. The van der Waals surface area contributed by atoms with Crippen LogP contribution in [0.5, 0.6) is 0 Å². The van der Waals surface area contributed by atoms with E-state index in [2.05, 4.69) is 26.1 Å². The average molecular weight is 236 g/mol. The molecule has 0 saturated heterocycles. The number of nitrogens with two attached hydrogens (primary N) is 1. The molecule has 1 rings (SSSR count). The summed E-state index contributed by atoms with van der Waals surface area (Å²) in [6.45, 7) is 6.29. The van der Waals surface area contributed by atoms with Gasteiger partial charge in [-0.1, -0.05) is 32.9 Å². The summed E-state index contributed by atoms with van der Waals surface area (Å²) >= 11 is 0. The molecule has 0 saturated carbocycles. The number of nitrogens with one attached hydrogen (secondary N) is 1. The van der Waals surface area contributed by atoms with E-state index < -0.39 is 12.0 Å². The van der Waals surface area contributed by atoms with E-state index in [4.69, 9.17) is 5.73 Å². The molecular weight excluding hydrogens is 216 g/mol. The van der Waals surface area contributed by atoms with Crippen LogP contribution in [-0.4, -0.2) is 23.7 Å². The number of rotatable bonds is 3. The Labute approximate surface area is 102 Å². The second-order valence-corrected chi connectivity index (χ2v) is 5.07. The minimum absolute atomic E-state index is 0.0775. The van der Waals surface area contributed by atoms with Crippen LogP contribution in [0.2, 0.25) is 0 Å². The van der Waals surface area contributed by atoms with E-state index in [0.717, 1.165) is 0 Å². The van der Waals surface area contributed by atoms with Gasteiger partial charge in [-0.15, -0.1) is 0 Å². The predicted molar refractivity (Wildman–Crippen MR) is 68.8 cm³/mol. The SMILES string of the molecule is CC(C)(C)c1ccc(NC(=O)C(O)CN)cc1. The molecule has 4 heteroatoms. The molecule has 0 aliphatic rings. The van der Waals surface area contributed by atoms with Gasteiger partial charge >= 0.3 is 0 Å². The van der Waals surface area contributed by atoms with Crippen LogP contribution in [0, 0.1) is 0 Å². The molecule has 1 amide bonds. The van der Waals surface area contributed by atoms with E-state index in [1.165, 1.54) is 5.56 Å². The highest BCUT2D eigenvalue weighted by atomic mass is 16.3. The summed E-state index contributed by atoms with van der Waals surface area (Å²) in [4.78, 5) is 11.4. The van der Waals surface area contributed by atoms with Crippen LogP contribution in [0.3, 0.4) is 0 Å². The van der Waals surface area contributed by atoms with Crippen LogP contribution < -0.4 is 11.1 Å². The molecule has 17 heavy (non-hydrogen) atoms. The molecule has 0 aromatic heterocycles. The van der Waals surface area contributed by atoms with E-state index >= 15 is 0 Å². The summed E-state index contributed by atoms with van der Waals surface area (Å²) in [5, 5.41) is 11.8. The largest absolute Gasteiger partial charge is 0.382 e. The highest BCUT2D eigenvalue weighted by Crippen LogP contribution is 2.23. The highest BCUT2D eigenvalue weighted by molar-refractivity contribution is 5.94. The standard InChI is InChI=1S/C13H20N2O2/c1-13(2,3)9-4-6-10(7-5-9)15-12(17)11(16)8-14/h4-7,11,16H,8,14H2,1-3H3,(H,15,17). The Morgan fingerprint density at radius 1 is 1.35 bits per heavy atom. The Kier molecular flexibility index (Phi) is 4.26. The van der Waals surface area contributed by atoms with Gasteiger partial charge in [0.1, 0.15) is 6.10 Å². The molecule has 0 radical (unpaired) electrons. The smallest absolute Gasteiger partial charge is 0.254 e. The second kappa shape index (κ2) is 5.29. The summed E-state index contributed by atoms with van der Waals surface area (Å²) in [6, 6.07) is 7.57. The summed E-state index contributed by atoms with van der Waals surface area (Å²) in [7, 11) is 0. The molecule has 4 nitrogen and oxygen atoms in total. The summed E-state index contributed by atoms with van der Waals surface area (Å²) in [6.07, 6.45) is -1.16. The normalized spacial score (nSPS) is 13.2. The van der Waals surface area contributed by atoms with Crippen molar-refractivity contribution in [1.29, 1.82) is 0 Å². The van der Waals surface area contributed by atoms with Crippen molar-refractivity contribution in [3.63, 3.8) is 0 Å². The van der Waals surface area contributed by atoms with Crippen LogP contribution in [-0.2, 0) is 10.2 Å². The zero-order valence-electron chi connectivity index (χ0n) is 10.5. The van der Waals surface area contributed by atoms with E-state index in [1.807, 2.05) is 24.3 Å². The topological polar surface area (TPSA) is 75.3 Å². The van der Waals surface area contributed by atoms with Gasteiger partial charge in [0.05, 0.1) is 0 Å². The lowest BCUT2D eigenvalue weighted by atomic mass is 9.87. The number of carbonyl (C=O) groups excluding carboxylic acids is 1. The van der Waals surface area contributed by atoms with Gasteiger partial charge in [0, 0.05) is 12.2 Å². The van der Waals surface area contributed by atoms with E-state index in [9.17, 15) is 9.90 Å². The van der Waals surface area contributed by atoms with Gasteiger partial charge in [-0.2, -0.15) is 0 Å². The van der Waals surface area contributed by atoms with Crippen LogP contribution in [0.25, 0.3) is 0 Å². The number of amides is 1. The third-order valence-corrected chi connectivity index (χ3v) is 2.54. The lowest BCUT2D eigenvalue weighted by molar-refractivity contribution is -0.123. The zero-order chi connectivity index (χ0) is 13.1. The number of benzene rings is 1. The van der Waals surface area contributed by atoms with E-state index in [1.54, 1.807) is 0 Å². The Morgan fingerprint density at radius 3 is 2.29 bits per heavy atom. The first-order valence-corrected chi connectivity index (χ1v) is 5.64. The van der Waals surface area contributed by atoms with Gasteiger partial charge < -0.3 is 16.2 Å². The van der Waals surface area contributed by atoms with Crippen molar-refractivity contribution in [3.05, 3.63) is 29.8 Å². The van der Waals surface area contributed by atoms with Crippen LogP contribution in [0.1, 0.15) is 26.3 Å². The minimum Gasteiger partial charge on any atom is -0.382 e. The molecule has 0 aliphatic carbocycles. The molecule has 0 aliphatic heterocycles. The van der Waals surface area contributed by atoms with Gasteiger partial charge in [-0.05, 0) is 23.1 Å². The van der Waals surface area contributed by atoms with Gasteiger partial charge in [0.15, 0.2) is 0 Å². The Hall–Kier alpha value is -1.39. The fourth-order valence-corrected chi connectivity index (χ4v) is 1.39. The lowest BCUT2D eigenvalue weighted by Crippen LogP contribution is -2.34. The molecule has 0 fully saturated rings. The van der Waals surface area contributed by atoms with Crippen LogP contribution in [0.15, 0.2) is 24.3 Å². The second-order valence-electron chi connectivity index (χ2n) is 5.07. The maximum Gasteiger partial charge on any atom is 0.254 e. The highest BCUT2D eigenvalue weighted by Gasteiger charge is 2.15. The molecule has 94 valence electrons. The number of anilines is 1. The molecular formula is C13H20N2O2.